The Kier molecular flexibility index (Phi) is 4.08. The second-order valence-electron chi connectivity index (χ2n) is 3.81. The zero-order valence-electron chi connectivity index (χ0n) is 10.1. The number of ether oxygens (including phenoxy) is 1. The highest BCUT2D eigenvalue weighted by atomic mass is 32.2. The largest absolute Gasteiger partial charge is 0.573 e. The summed E-state index contributed by atoms with van der Waals surface area (Å²) in [5.41, 5.74) is 6.56. The highest BCUT2D eigenvalue weighted by molar-refractivity contribution is 7.99. The van der Waals surface area contributed by atoms with Crippen molar-refractivity contribution in [3.05, 3.63) is 49.0 Å². The Morgan fingerprint density at radius 1 is 1.10 bits per heavy atom. The Morgan fingerprint density at radius 2 is 1.75 bits per heavy atom. The van der Waals surface area contributed by atoms with Crippen LogP contribution in [0.1, 0.15) is 5.69 Å². The maximum Gasteiger partial charge on any atom is 0.573 e. The fraction of sp³-hybridized carbons (Fsp3) is 0.0769. The number of rotatable bonds is 3. The van der Waals surface area contributed by atoms with E-state index >= 15 is 0 Å². The second-order valence-corrected chi connectivity index (χ2v) is 4.90. The summed E-state index contributed by atoms with van der Waals surface area (Å²) >= 11 is 1.29. The van der Waals surface area contributed by atoms with Gasteiger partial charge < -0.3 is 10.5 Å². The number of alkyl halides is 3. The topological polar surface area (TPSA) is 48.1 Å². The van der Waals surface area contributed by atoms with Crippen LogP contribution in [-0.4, -0.2) is 11.3 Å². The number of hydrogen-bond acceptors (Lipinski definition) is 4. The average Bonchev–Trinajstić information content (AvgIpc) is 2.35. The number of pyridine rings is 1. The van der Waals surface area contributed by atoms with Gasteiger partial charge in [0, 0.05) is 4.90 Å². The Morgan fingerprint density at radius 3 is 2.30 bits per heavy atom. The third kappa shape index (κ3) is 4.06. The van der Waals surface area contributed by atoms with E-state index in [1.807, 2.05) is 0 Å². The first-order valence-electron chi connectivity index (χ1n) is 5.45. The molecule has 0 aliphatic rings. The molecule has 0 atom stereocenters. The molecule has 0 saturated heterocycles. The van der Waals surface area contributed by atoms with Crippen LogP contribution < -0.4 is 10.5 Å². The maximum absolute atomic E-state index is 12.0. The van der Waals surface area contributed by atoms with Crippen molar-refractivity contribution in [1.29, 1.82) is 0 Å². The maximum atomic E-state index is 12.0. The van der Waals surface area contributed by atoms with E-state index in [2.05, 4.69) is 16.6 Å². The monoisotopic (exact) mass is 299 g/mol. The van der Waals surface area contributed by atoms with Crippen LogP contribution in [0.2, 0.25) is 0 Å². The van der Waals surface area contributed by atoms with Crippen molar-refractivity contribution in [2.24, 2.45) is 0 Å². The predicted molar refractivity (Wildman–Crippen MR) is 70.4 cm³/mol. The van der Waals surface area contributed by atoms with Gasteiger partial charge in [0.05, 0.1) is 11.4 Å². The number of hydrogen-bond donors (Lipinski definition) is 1. The molecular weight excluding hydrogens is 289 g/mol. The van der Waals surface area contributed by atoms with E-state index in [4.69, 9.17) is 5.73 Å². The van der Waals surface area contributed by atoms with Crippen molar-refractivity contribution >= 4 is 17.4 Å². The standard InChI is InChI=1S/C13H10F3N2OS/c1-8-11(17)6-7-12(18-8)20-10-4-2-9(3-5-10)19-13(14,15)16/h2-7H,1,17H2. The molecule has 7 heteroatoms. The quantitative estimate of drug-likeness (QED) is 0.934. The molecule has 1 radical (unpaired) electrons. The first-order valence-corrected chi connectivity index (χ1v) is 6.27. The van der Waals surface area contributed by atoms with Crippen LogP contribution in [0.3, 0.4) is 0 Å². The second kappa shape index (κ2) is 5.62. The van der Waals surface area contributed by atoms with E-state index in [9.17, 15) is 13.2 Å². The normalized spacial score (nSPS) is 11.4. The van der Waals surface area contributed by atoms with Gasteiger partial charge in [0.1, 0.15) is 10.8 Å². The van der Waals surface area contributed by atoms with Crippen molar-refractivity contribution in [3.8, 4) is 5.75 Å². The van der Waals surface area contributed by atoms with Gasteiger partial charge in [-0.25, -0.2) is 4.98 Å². The first kappa shape index (κ1) is 14.5. The molecular formula is C13H10F3N2OS. The number of nitrogens with zero attached hydrogens (tertiary/aromatic N) is 1. The SMILES string of the molecule is [CH2]c1nc(Sc2ccc(OC(F)(F)F)cc2)ccc1N. The number of halogens is 3. The van der Waals surface area contributed by atoms with Crippen LogP contribution in [0.15, 0.2) is 46.3 Å². The van der Waals surface area contributed by atoms with Crippen molar-refractivity contribution in [2.75, 3.05) is 5.73 Å². The summed E-state index contributed by atoms with van der Waals surface area (Å²) < 4.78 is 39.8. The zero-order chi connectivity index (χ0) is 14.8. The Labute approximate surface area is 118 Å². The van der Waals surface area contributed by atoms with Gasteiger partial charge in [-0.3, -0.25) is 0 Å². The lowest BCUT2D eigenvalue weighted by Crippen LogP contribution is -2.16. The molecule has 3 nitrogen and oxygen atoms in total. The summed E-state index contributed by atoms with van der Waals surface area (Å²) in [4.78, 5) is 4.90. The summed E-state index contributed by atoms with van der Waals surface area (Å²) in [5, 5.41) is 0.661. The van der Waals surface area contributed by atoms with Gasteiger partial charge in [0.15, 0.2) is 0 Å². The lowest BCUT2D eigenvalue weighted by Gasteiger charge is -2.09. The molecule has 105 valence electrons. The number of nitrogen functional groups attached to an aromatic ring is 1. The lowest BCUT2D eigenvalue weighted by atomic mass is 10.3. The molecule has 0 fully saturated rings. The molecule has 2 N–H and O–H groups in total. The number of anilines is 1. The van der Waals surface area contributed by atoms with E-state index in [-0.39, 0.29) is 5.75 Å². The minimum absolute atomic E-state index is 0.259. The van der Waals surface area contributed by atoms with Gasteiger partial charge >= 0.3 is 6.36 Å². The van der Waals surface area contributed by atoms with Crippen LogP contribution in [0.4, 0.5) is 18.9 Å². The van der Waals surface area contributed by atoms with E-state index in [0.717, 1.165) is 4.90 Å². The van der Waals surface area contributed by atoms with Crippen LogP contribution in [0.25, 0.3) is 0 Å². The highest BCUT2D eigenvalue weighted by Gasteiger charge is 2.30. The number of nitrogens with two attached hydrogens (primary N) is 1. The van der Waals surface area contributed by atoms with Gasteiger partial charge in [0.25, 0.3) is 0 Å². The molecule has 0 aliphatic heterocycles. The summed E-state index contributed by atoms with van der Waals surface area (Å²) in [6.45, 7) is 3.68. The third-order valence-electron chi connectivity index (χ3n) is 2.26. The highest BCUT2D eigenvalue weighted by Crippen LogP contribution is 2.30. The summed E-state index contributed by atoms with van der Waals surface area (Å²) in [7, 11) is 0. The molecule has 2 aromatic rings. The van der Waals surface area contributed by atoms with Crippen molar-refractivity contribution < 1.29 is 17.9 Å². The first-order chi connectivity index (χ1) is 9.33. The van der Waals surface area contributed by atoms with Crippen LogP contribution in [0, 0.1) is 6.92 Å². The molecule has 0 spiro atoms. The molecule has 1 aromatic heterocycles. The van der Waals surface area contributed by atoms with Crippen LogP contribution in [0.5, 0.6) is 5.75 Å². The minimum Gasteiger partial charge on any atom is -0.406 e. The molecule has 0 aliphatic carbocycles. The smallest absolute Gasteiger partial charge is 0.406 e. The molecule has 1 aromatic carbocycles. The third-order valence-corrected chi connectivity index (χ3v) is 3.21. The zero-order valence-corrected chi connectivity index (χ0v) is 11.0. The van der Waals surface area contributed by atoms with E-state index < -0.39 is 6.36 Å². The molecule has 20 heavy (non-hydrogen) atoms. The molecule has 2 rings (SSSR count). The van der Waals surface area contributed by atoms with Gasteiger partial charge in [0.2, 0.25) is 0 Å². The van der Waals surface area contributed by atoms with Crippen LogP contribution in [-0.2, 0) is 0 Å². The van der Waals surface area contributed by atoms with Gasteiger partial charge in [-0.05, 0) is 43.3 Å². The van der Waals surface area contributed by atoms with E-state index in [0.29, 0.717) is 16.4 Å². The van der Waals surface area contributed by atoms with Gasteiger partial charge in [-0.15, -0.1) is 13.2 Å². The number of benzene rings is 1. The summed E-state index contributed by atoms with van der Waals surface area (Å²) in [6, 6.07) is 8.93. The Bertz CT molecular complexity index is 600. The molecule has 0 saturated carbocycles. The number of aromatic nitrogens is 1. The fourth-order valence-corrected chi connectivity index (χ4v) is 2.18. The van der Waals surface area contributed by atoms with Crippen molar-refractivity contribution in [1.82, 2.24) is 4.98 Å². The molecule has 1 heterocycles. The minimum atomic E-state index is -4.68. The summed E-state index contributed by atoms with van der Waals surface area (Å²) in [5.74, 6) is -0.259. The lowest BCUT2D eigenvalue weighted by molar-refractivity contribution is -0.274. The van der Waals surface area contributed by atoms with Crippen LogP contribution >= 0.6 is 11.8 Å². The van der Waals surface area contributed by atoms with E-state index in [1.165, 1.54) is 36.0 Å². The van der Waals surface area contributed by atoms with E-state index in [1.54, 1.807) is 12.1 Å². The van der Waals surface area contributed by atoms with Crippen molar-refractivity contribution in [3.63, 3.8) is 0 Å². The predicted octanol–water partition coefficient (Wildman–Crippen LogP) is 3.90. The van der Waals surface area contributed by atoms with Gasteiger partial charge in [-0.2, -0.15) is 0 Å². The molecule has 0 unspecified atom stereocenters. The molecule has 0 amide bonds. The van der Waals surface area contributed by atoms with Crippen molar-refractivity contribution in [2.45, 2.75) is 16.3 Å². The average molecular weight is 299 g/mol. The Hall–Kier alpha value is -1.89. The Balaban J connectivity index is 2.08. The molecule has 0 bridgehead atoms. The fourth-order valence-electron chi connectivity index (χ4n) is 1.38. The summed E-state index contributed by atoms with van der Waals surface area (Å²) in [6.07, 6.45) is -4.68. The van der Waals surface area contributed by atoms with Gasteiger partial charge in [-0.1, -0.05) is 11.8 Å².